The van der Waals surface area contributed by atoms with Crippen molar-refractivity contribution in [2.45, 2.75) is 44.9 Å². The van der Waals surface area contributed by atoms with E-state index in [9.17, 15) is 9.59 Å². The Morgan fingerprint density at radius 1 is 1.38 bits per heavy atom. The summed E-state index contributed by atoms with van der Waals surface area (Å²) in [5, 5.41) is 20.6. The van der Waals surface area contributed by atoms with Crippen molar-refractivity contribution in [3.63, 3.8) is 0 Å². The number of carboxylic acid groups (broad SMARTS) is 1. The number of oxazole rings is 1. The molecule has 10 nitrogen and oxygen atoms in total. The zero-order valence-corrected chi connectivity index (χ0v) is 20.0. The van der Waals surface area contributed by atoms with Crippen LogP contribution >= 0.6 is 11.6 Å². The fourth-order valence-corrected chi connectivity index (χ4v) is 3.28. The first-order valence-corrected chi connectivity index (χ1v) is 11.3. The highest BCUT2D eigenvalue weighted by Gasteiger charge is 2.17. The second kappa shape index (κ2) is 13.7. The number of nitrogens with two attached hydrogens (primary N) is 1. The van der Waals surface area contributed by atoms with Crippen molar-refractivity contribution < 1.29 is 24.2 Å². The highest BCUT2D eigenvalue weighted by Crippen LogP contribution is 2.32. The van der Waals surface area contributed by atoms with Gasteiger partial charge in [-0.15, -0.1) is 0 Å². The Morgan fingerprint density at radius 3 is 2.76 bits per heavy atom. The van der Waals surface area contributed by atoms with E-state index in [1.807, 2.05) is 32.2 Å². The molecule has 0 saturated heterocycles. The Morgan fingerprint density at radius 2 is 2.15 bits per heavy atom. The lowest BCUT2D eigenvalue weighted by atomic mass is 10.2. The summed E-state index contributed by atoms with van der Waals surface area (Å²) in [6.45, 7) is 2.91. The third kappa shape index (κ3) is 8.14. The number of aryl methyl sites for hydroxylation is 1. The molecule has 0 saturated carbocycles. The highest BCUT2D eigenvalue weighted by atomic mass is 35.5. The molecule has 0 amide bonds. The van der Waals surface area contributed by atoms with Crippen LogP contribution in [0.3, 0.4) is 0 Å². The summed E-state index contributed by atoms with van der Waals surface area (Å²) in [4.78, 5) is 26.9. The maximum atomic E-state index is 11.9. The molecule has 0 aliphatic rings. The Hall–Kier alpha value is -2.92. The minimum absolute atomic E-state index is 0.00202. The number of hydrogen-bond acceptors (Lipinski definition) is 8. The molecule has 0 aliphatic carbocycles. The number of aromatic nitrogens is 2. The average Bonchev–Trinajstić information content (AvgIpc) is 3.12. The molecule has 0 spiro atoms. The number of rotatable bonds is 11. The number of hydrogen-bond donors (Lipinski definition) is 4. The fourth-order valence-electron chi connectivity index (χ4n) is 3.07. The summed E-state index contributed by atoms with van der Waals surface area (Å²) in [5.74, 6) is -1.29. The van der Waals surface area contributed by atoms with Gasteiger partial charge < -0.3 is 30.4 Å². The van der Waals surface area contributed by atoms with Crippen molar-refractivity contribution in [1.82, 2.24) is 14.9 Å². The number of pyridine rings is 1. The summed E-state index contributed by atoms with van der Waals surface area (Å²) in [5.41, 5.74) is 6.88. The molecular weight excluding hydrogens is 464 g/mol. The van der Waals surface area contributed by atoms with Gasteiger partial charge in [0.05, 0.1) is 29.3 Å². The number of carboxylic acids is 1. The molecule has 3 rings (SSSR count). The molecular formula is C23H31ClN4O6. The monoisotopic (exact) mass is 494 g/mol. The maximum absolute atomic E-state index is 11.9. The highest BCUT2D eigenvalue weighted by molar-refractivity contribution is 6.32. The predicted octanol–water partition coefficient (Wildman–Crippen LogP) is 2.56. The standard InChI is InChI=1S/C17H15ClN2O5.C6H16N2O/c1-10(12-4-2-3-6-19-12)24-14-9-15-13(8-11(14)18)20(17(23)25-15)7-5-16(21)22;1-8-4-2-3-6(7)5-9/h2-4,6,8-10H,5,7H2,1H3,(H,21,22);6,8-9H,2-5,7H2,1H3/t10-;6-/m10/s1. The van der Waals surface area contributed by atoms with Crippen LogP contribution < -0.4 is 21.5 Å². The van der Waals surface area contributed by atoms with Crippen LogP contribution in [-0.2, 0) is 11.3 Å². The second-order valence-corrected chi connectivity index (χ2v) is 8.02. The molecule has 11 heteroatoms. The van der Waals surface area contributed by atoms with Crippen molar-refractivity contribution in [2.75, 3.05) is 20.2 Å². The number of ether oxygens (including phenoxy) is 1. The van der Waals surface area contributed by atoms with Gasteiger partial charge in [-0.1, -0.05) is 17.7 Å². The summed E-state index contributed by atoms with van der Waals surface area (Å²) in [6.07, 6.45) is 3.06. The van der Waals surface area contributed by atoms with Crippen molar-refractivity contribution in [3.05, 3.63) is 57.8 Å². The molecule has 1 aromatic carbocycles. The zero-order valence-electron chi connectivity index (χ0n) is 19.2. The SMILES string of the molecule is CNCCC[C@H](N)CO.C[C@@H](Oc1cc2oc(=O)n(CCC(=O)O)c2cc1Cl)c1ccccn1. The minimum Gasteiger partial charge on any atom is -0.483 e. The quantitative estimate of drug-likeness (QED) is 0.294. The van der Waals surface area contributed by atoms with E-state index in [0.29, 0.717) is 16.3 Å². The number of benzene rings is 1. The van der Waals surface area contributed by atoms with Crippen LogP contribution in [0.4, 0.5) is 0 Å². The van der Waals surface area contributed by atoms with E-state index in [0.717, 1.165) is 25.1 Å². The number of nitrogens with zero attached hydrogens (tertiary/aromatic N) is 2. The number of fused-ring (bicyclic) bond motifs is 1. The van der Waals surface area contributed by atoms with Gasteiger partial charge in [-0.25, -0.2) is 4.79 Å². The van der Waals surface area contributed by atoms with E-state index in [1.165, 1.54) is 16.7 Å². The third-order valence-corrected chi connectivity index (χ3v) is 5.21. The van der Waals surface area contributed by atoms with Crippen molar-refractivity contribution in [1.29, 1.82) is 0 Å². The number of aliphatic carboxylic acids is 1. The van der Waals surface area contributed by atoms with E-state index < -0.39 is 11.7 Å². The largest absolute Gasteiger partial charge is 0.483 e. The first-order chi connectivity index (χ1) is 16.3. The van der Waals surface area contributed by atoms with Crippen molar-refractivity contribution >= 4 is 28.7 Å². The van der Waals surface area contributed by atoms with E-state index >= 15 is 0 Å². The van der Waals surface area contributed by atoms with Gasteiger partial charge in [0.2, 0.25) is 0 Å². The van der Waals surface area contributed by atoms with E-state index in [1.54, 1.807) is 6.20 Å². The van der Waals surface area contributed by atoms with Gasteiger partial charge >= 0.3 is 11.7 Å². The predicted molar refractivity (Wildman–Crippen MR) is 129 cm³/mol. The molecule has 0 fully saturated rings. The molecule has 2 atom stereocenters. The lowest BCUT2D eigenvalue weighted by Gasteiger charge is -2.15. The molecule has 5 N–H and O–H groups in total. The van der Waals surface area contributed by atoms with Crippen LogP contribution in [0.1, 0.15) is 38.0 Å². The molecule has 2 heterocycles. The van der Waals surface area contributed by atoms with Gasteiger partial charge in [-0.3, -0.25) is 14.3 Å². The smallest absolute Gasteiger partial charge is 0.419 e. The number of nitrogens with one attached hydrogen (secondary N) is 1. The van der Waals surface area contributed by atoms with Crippen molar-refractivity contribution in [2.24, 2.45) is 5.73 Å². The van der Waals surface area contributed by atoms with Crippen LogP contribution in [-0.4, -0.2) is 52.0 Å². The first kappa shape index (κ1) is 27.3. The lowest BCUT2D eigenvalue weighted by Crippen LogP contribution is -2.25. The number of aliphatic hydroxyl groups excluding tert-OH is 1. The summed E-state index contributed by atoms with van der Waals surface area (Å²) >= 11 is 6.26. The normalized spacial score (nSPS) is 12.6. The molecule has 0 radical (unpaired) electrons. The van der Waals surface area contributed by atoms with Crippen LogP contribution in [0.25, 0.3) is 11.1 Å². The molecule has 0 unspecified atom stereocenters. The Bertz CT molecular complexity index is 1100. The Balaban J connectivity index is 0.000000387. The van der Waals surface area contributed by atoms with E-state index in [2.05, 4.69) is 10.3 Å². The maximum Gasteiger partial charge on any atom is 0.419 e. The van der Waals surface area contributed by atoms with Crippen molar-refractivity contribution in [3.8, 4) is 5.75 Å². The van der Waals surface area contributed by atoms with Crippen LogP contribution in [0.5, 0.6) is 5.75 Å². The summed E-state index contributed by atoms with van der Waals surface area (Å²) in [7, 11) is 1.91. The fraction of sp³-hybridized carbons (Fsp3) is 0.435. The molecule has 3 aromatic rings. The topological polar surface area (TPSA) is 153 Å². The van der Waals surface area contributed by atoms with E-state index in [4.69, 9.17) is 36.7 Å². The molecule has 2 aromatic heterocycles. The van der Waals surface area contributed by atoms with Gasteiger partial charge in [0, 0.05) is 24.8 Å². The Labute approximate surface area is 202 Å². The van der Waals surface area contributed by atoms with Gasteiger partial charge in [-0.2, -0.15) is 0 Å². The van der Waals surface area contributed by atoms with Crippen LogP contribution in [0.2, 0.25) is 5.02 Å². The van der Waals surface area contributed by atoms with E-state index in [-0.39, 0.29) is 37.3 Å². The molecule has 34 heavy (non-hydrogen) atoms. The Kier molecular flexibility index (Phi) is 11.0. The van der Waals surface area contributed by atoms with Gasteiger partial charge in [0.1, 0.15) is 11.9 Å². The first-order valence-electron chi connectivity index (χ1n) is 10.9. The number of aliphatic hydroxyl groups is 1. The van der Waals surface area contributed by atoms with Gasteiger partial charge in [-0.05, 0) is 51.6 Å². The zero-order chi connectivity index (χ0) is 25.1. The summed E-state index contributed by atoms with van der Waals surface area (Å²) in [6, 6.07) is 8.52. The lowest BCUT2D eigenvalue weighted by molar-refractivity contribution is -0.137. The number of halogens is 1. The molecule has 0 bridgehead atoms. The summed E-state index contributed by atoms with van der Waals surface area (Å²) < 4.78 is 12.2. The van der Waals surface area contributed by atoms with Crippen LogP contribution in [0, 0.1) is 0 Å². The number of carbonyl (C=O) groups is 1. The minimum atomic E-state index is -1.00. The molecule has 186 valence electrons. The second-order valence-electron chi connectivity index (χ2n) is 7.62. The van der Waals surface area contributed by atoms with Gasteiger partial charge in [0.25, 0.3) is 0 Å². The molecule has 0 aliphatic heterocycles. The average molecular weight is 495 g/mol. The van der Waals surface area contributed by atoms with Crippen LogP contribution in [0.15, 0.2) is 45.7 Å². The van der Waals surface area contributed by atoms with Gasteiger partial charge in [0.15, 0.2) is 5.58 Å². The third-order valence-electron chi connectivity index (χ3n) is 4.92.